The van der Waals surface area contributed by atoms with Crippen LogP contribution in [0.3, 0.4) is 0 Å². The van der Waals surface area contributed by atoms with Gasteiger partial charge in [0, 0.05) is 12.6 Å². The summed E-state index contributed by atoms with van der Waals surface area (Å²) >= 11 is 0. The van der Waals surface area contributed by atoms with Crippen LogP contribution in [-0.4, -0.2) is 12.6 Å². The van der Waals surface area contributed by atoms with Crippen LogP contribution in [0.15, 0.2) is 0 Å². The second-order valence-electron chi connectivity index (χ2n) is 6.85. The summed E-state index contributed by atoms with van der Waals surface area (Å²) in [4.78, 5) is 0. The topological polar surface area (TPSA) is 12.0 Å². The summed E-state index contributed by atoms with van der Waals surface area (Å²) in [6.45, 7) is 10.9. The van der Waals surface area contributed by atoms with Crippen molar-refractivity contribution in [3.63, 3.8) is 0 Å². The third-order valence-electron chi connectivity index (χ3n) is 4.47. The zero-order valence-corrected chi connectivity index (χ0v) is 10.2. The number of hydrogen-bond donors (Lipinski definition) is 1. The molecule has 82 valence electrons. The van der Waals surface area contributed by atoms with Gasteiger partial charge < -0.3 is 5.32 Å². The molecule has 1 heterocycles. The molecule has 1 nitrogen and oxygen atoms in total. The molecule has 0 spiro atoms. The molecule has 1 atom stereocenters. The van der Waals surface area contributed by atoms with Crippen molar-refractivity contribution < 1.29 is 0 Å². The van der Waals surface area contributed by atoms with Crippen molar-refractivity contribution in [1.29, 1.82) is 0 Å². The molecule has 2 fully saturated rings. The highest BCUT2D eigenvalue weighted by molar-refractivity contribution is 5.00. The number of nitrogens with one attached hydrogen (secondary N) is 1. The molecule has 0 amide bonds. The first-order chi connectivity index (χ1) is 6.41. The second-order valence-corrected chi connectivity index (χ2v) is 6.85. The van der Waals surface area contributed by atoms with Crippen LogP contribution in [0.2, 0.25) is 0 Å². The van der Waals surface area contributed by atoms with Gasteiger partial charge in [0.25, 0.3) is 0 Å². The van der Waals surface area contributed by atoms with Gasteiger partial charge >= 0.3 is 0 Å². The van der Waals surface area contributed by atoms with Gasteiger partial charge in [-0.25, -0.2) is 0 Å². The monoisotopic (exact) mass is 195 g/mol. The third-order valence-corrected chi connectivity index (χ3v) is 4.47. The summed E-state index contributed by atoms with van der Waals surface area (Å²) in [5, 5.41) is 3.63. The maximum atomic E-state index is 3.63. The van der Waals surface area contributed by atoms with Crippen molar-refractivity contribution in [2.45, 2.75) is 59.4 Å². The van der Waals surface area contributed by atoms with Gasteiger partial charge in [-0.1, -0.05) is 27.7 Å². The van der Waals surface area contributed by atoms with Gasteiger partial charge in [-0.05, 0) is 42.4 Å². The van der Waals surface area contributed by atoms with E-state index in [9.17, 15) is 0 Å². The van der Waals surface area contributed by atoms with Crippen molar-refractivity contribution in [3.05, 3.63) is 0 Å². The SMILES string of the molecule is CC1(C)CCC(C2NCC2(C)C)CC1. The average molecular weight is 195 g/mol. The Labute approximate surface area is 88.7 Å². The average Bonchev–Trinajstić information content (AvgIpc) is 2.07. The van der Waals surface area contributed by atoms with Crippen molar-refractivity contribution in [3.8, 4) is 0 Å². The van der Waals surface area contributed by atoms with Crippen molar-refractivity contribution >= 4 is 0 Å². The fourth-order valence-electron chi connectivity index (χ4n) is 3.19. The predicted molar refractivity (Wildman–Crippen MR) is 61.3 cm³/mol. The Morgan fingerprint density at radius 2 is 1.57 bits per heavy atom. The number of rotatable bonds is 1. The van der Waals surface area contributed by atoms with E-state index in [0.29, 0.717) is 10.8 Å². The minimum absolute atomic E-state index is 0.562. The first-order valence-corrected chi connectivity index (χ1v) is 6.14. The van der Waals surface area contributed by atoms with E-state index in [1.165, 1.54) is 32.2 Å². The van der Waals surface area contributed by atoms with Gasteiger partial charge in [0.15, 0.2) is 0 Å². The van der Waals surface area contributed by atoms with E-state index in [4.69, 9.17) is 0 Å². The van der Waals surface area contributed by atoms with Crippen molar-refractivity contribution in [2.24, 2.45) is 16.7 Å². The van der Waals surface area contributed by atoms with E-state index in [1.807, 2.05) is 0 Å². The lowest BCUT2D eigenvalue weighted by Crippen LogP contribution is -2.63. The highest BCUT2D eigenvalue weighted by Gasteiger charge is 2.44. The molecule has 2 aliphatic rings. The molecule has 14 heavy (non-hydrogen) atoms. The predicted octanol–water partition coefficient (Wildman–Crippen LogP) is 3.20. The standard InChI is InChI=1S/C13H25N/c1-12(2)7-5-10(6-8-12)11-13(3,4)9-14-11/h10-11,14H,5-9H2,1-4H3. The third kappa shape index (κ3) is 1.84. The van der Waals surface area contributed by atoms with Crippen LogP contribution < -0.4 is 5.32 Å². The van der Waals surface area contributed by atoms with E-state index in [-0.39, 0.29) is 0 Å². The van der Waals surface area contributed by atoms with Crippen molar-refractivity contribution in [1.82, 2.24) is 5.32 Å². The Morgan fingerprint density at radius 1 is 1.00 bits per heavy atom. The fourth-order valence-corrected chi connectivity index (χ4v) is 3.19. The summed E-state index contributed by atoms with van der Waals surface area (Å²) in [6, 6.07) is 0.804. The Hall–Kier alpha value is -0.0400. The van der Waals surface area contributed by atoms with E-state index in [2.05, 4.69) is 33.0 Å². The van der Waals surface area contributed by atoms with Gasteiger partial charge in [-0.15, -0.1) is 0 Å². The van der Waals surface area contributed by atoms with Crippen LogP contribution >= 0.6 is 0 Å². The lowest BCUT2D eigenvalue weighted by Gasteiger charge is -2.52. The largest absolute Gasteiger partial charge is 0.313 e. The van der Waals surface area contributed by atoms with Crippen LogP contribution in [0.25, 0.3) is 0 Å². The fraction of sp³-hybridized carbons (Fsp3) is 1.00. The maximum Gasteiger partial charge on any atom is 0.0159 e. The molecule has 0 bridgehead atoms. The van der Waals surface area contributed by atoms with Crippen molar-refractivity contribution in [2.75, 3.05) is 6.54 Å². The Bertz CT molecular complexity index is 207. The minimum atomic E-state index is 0.562. The van der Waals surface area contributed by atoms with Crippen LogP contribution in [0, 0.1) is 16.7 Å². The first-order valence-electron chi connectivity index (χ1n) is 6.14. The van der Waals surface area contributed by atoms with Gasteiger partial charge in [-0.2, -0.15) is 0 Å². The molecule has 2 rings (SSSR count). The van der Waals surface area contributed by atoms with E-state index >= 15 is 0 Å². The number of hydrogen-bond acceptors (Lipinski definition) is 1. The van der Waals surface area contributed by atoms with Crippen LogP contribution in [-0.2, 0) is 0 Å². The molecule has 0 aromatic rings. The van der Waals surface area contributed by atoms with Crippen LogP contribution in [0.4, 0.5) is 0 Å². The second kappa shape index (κ2) is 3.23. The van der Waals surface area contributed by atoms with Crippen LogP contribution in [0.5, 0.6) is 0 Å². The molecule has 0 aromatic carbocycles. The Morgan fingerprint density at radius 3 is 1.93 bits per heavy atom. The molecule has 1 unspecified atom stereocenters. The lowest BCUT2D eigenvalue weighted by atomic mass is 9.63. The summed E-state index contributed by atoms with van der Waals surface area (Å²) < 4.78 is 0. The molecule has 1 N–H and O–H groups in total. The van der Waals surface area contributed by atoms with E-state index in [0.717, 1.165) is 12.0 Å². The summed E-state index contributed by atoms with van der Waals surface area (Å²) in [5.74, 6) is 0.951. The quantitative estimate of drug-likeness (QED) is 0.677. The molecule has 1 aliphatic carbocycles. The zero-order chi connectivity index (χ0) is 10.4. The lowest BCUT2D eigenvalue weighted by molar-refractivity contribution is 0.0376. The van der Waals surface area contributed by atoms with Crippen LogP contribution in [0.1, 0.15) is 53.4 Å². The van der Waals surface area contributed by atoms with Gasteiger partial charge in [0.05, 0.1) is 0 Å². The van der Waals surface area contributed by atoms with Gasteiger partial charge in [-0.3, -0.25) is 0 Å². The highest BCUT2D eigenvalue weighted by Crippen LogP contribution is 2.44. The summed E-state index contributed by atoms with van der Waals surface area (Å²) in [7, 11) is 0. The molecule has 1 heteroatoms. The Kier molecular flexibility index (Phi) is 2.42. The molecular weight excluding hydrogens is 170 g/mol. The molecule has 0 radical (unpaired) electrons. The van der Waals surface area contributed by atoms with Gasteiger partial charge in [0.2, 0.25) is 0 Å². The molecular formula is C13H25N. The maximum absolute atomic E-state index is 3.63. The first kappa shape index (κ1) is 10.5. The zero-order valence-electron chi connectivity index (χ0n) is 10.2. The molecule has 1 saturated carbocycles. The molecule has 1 saturated heterocycles. The van der Waals surface area contributed by atoms with Gasteiger partial charge in [0.1, 0.15) is 0 Å². The molecule has 0 aromatic heterocycles. The summed E-state index contributed by atoms with van der Waals surface area (Å²) in [5.41, 5.74) is 1.18. The Balaban J connectivity index is 1.90. The smallest absolute Gasteiger partial charge is 0.0159 e. The molecule has 1 aliphatic heterocycles. The van der Waals surface area contributed by atoms with E-state index < -0.39 is 0 Å². The van der Waals surface area contributed by atoms with E-state index in [1.54, 1.807) is 0 Å². The highest BCUT2D eigenvalue weighted by atomic mass is 15.0. The summed E-state index contributed by atoms with van der Waals surface area (Å²) in [6.07, 6.45) is 5.72. The minimum Gasteiger partial charge on any atom is -0.313 e. The normalized spacial score (nSPS) is 36.4.